The molecule has 2 aromatic rings. The third kappa shape index (κ3) is 2.74. The summed E-state index contributed by atoms with van der Waals surface area (Å²) in [4.78, 5) is 32.9. The molecule has 0 spiro atoms. The Hall–Kier alpha value is -2.56. The second-order valence-electron chi connectivity index (χ2n) is 5.26. The molecule has 0 fully saturated rings. The summed E-state index contributed by atoms with van der Waals surface area (Å²) in [5.41, 5.74) is 2.08. The van der Waals surface area contributed by atoms with Crippen LogP contribution < -0.4 is 5.32 Å². The Kier molecular flexibility index (Phi) is 3.96. The number of rotatable bonds is 3. The van der Waals surface area contributed by atoms with Crippen molar-refractivity contribution in [3.8, 4) is 11.4 Å². The molecular formula is C17H17N3O2. The van der Waals surface area contributed by atoms with Crippen LogP contribution in [-0.4, -0.2) is 21.7 Å². The maximum absolute atomic E-state index is 12.2. The van der Waals surface area contributed by atoms with Gasteiger partial charge in [-0.15, -0.1) is 0 Å². The van der Waals surface area contributed by atoms with E-state index < -0.39 is 0 Å². The van der Waals surface area contributed by atoms with Crippen molar-refractivity contribution in [1.29, 1.82) is 0 Å². The quantitative estimate of drug-likeness (QED) is 0.944. The van der Waals surface area contributed by atoms with Crippen molar-refractivity contribution in [3.63, 3.8) is 0 Å². The van der Waals surface area contributed by atoms with Gasteiger partial charge in [-0.1, -0.05) is 37.3 Å². The number of hydrogen-bond donors (Lipinski definition) is 1. The average molecular weight is 295 g/mol. The number of aromatic nitrogens is 2. The molecule has 1 amide bonds. The Balaban J connectivity index is 2.13. The highest BCUT2D eigenvalue weighted by molar-refractivity contribution is 6.05. The minimum atomic E-state index is -0.154. The molecule has 1 N–H and O–H groups in total. The molecule has 112 valence electrons. The average Bonchev–Trinajstić information content (AvgIpc) is 2.55. The number of carbonyl (C=O) groups excluding carboxylic acids is 2. The smallest absolute Gasteiger partial charge is 0.225 e. The minimum Gasteiger partial charge on any atom is -0.310 e. The monoisotopic (exact) mass is 295 g/mol. The second-order valence-corrected chi connectivity index (χ2v) is 5.26. The number of anilines is 1. The van der Waals surface area contributed by atoms with Crippen LogP contribution >= 0.6 is 0 Å². The van der Waals surface area contributed by atoms with Gasteiger partial charge >= 0.3 is 0 Å². The van der Waals surface area contributed by atoms with Crippen LogP contribution in [-0.2, 0) is 11.2 Å². The van der Waals surface area contributed by atoms with Crippen LogP contribution in [0, 0.1) is 0 Å². The predicted octanol–water partition coefficient (Wildman–Crippen LogP) is 3.01. The first kappa shape index (κ1) is 14.4. The van der Waals surface area contributed by atoms with Crippen LogP contribution in [0.2, 0.25) is 0 Å². The first-order chi connectivity index (χ1) is 10.7. The number of ketones is 1. The minimum absolute atomic E-state index is 0.00673. The number of fused-ring (bicyclic) bond motifs is 1. The molecule has 0 saturated carbocycles. The fourth-order valence-corrected chi connectivity index (χ4v) is 2.55. The zero-order chi connectivity index (χ0) is 15.5. The van der Waals surface area contributed by atoms with Crippen LogP contribution in [0.15, 0.2) is 30.3 Å². The van der Waals surface area contributed by atoms with E-state index in [1.807, 2.05) is 30.3 Å². The van der Waals surface area contributed by atoms with Crippen molar-refractivity contribution in [2.45, 2.75) is 32.6 Å². The highest BCUT2D eigenvalue weighted by Gasteiger charge is 2.25. The van der Waals surface area contributed by atoms with Gasteiger partial charge in [0.15, 0.2) is 11.6 Å². The molecule has 1 aliphatic rings. The van der Waals surface area contributed by atoms with E-state index in [0.29, 0.717) is 30.0 Å². The fourth-order valence-electron chi connectivity index (χ4n) is 2.55. The van der Waals surface area contributed by atoms with Crippen molar-refractivity contribution < 1.29 is 9.59 Å². The number of nitrogens with one attached hydrogen (secondary N) is 1. The van der Waals surface area contributed by atoms with Gasteiger partial charge in [-0.25, -0.2) is 9.97 Å². The van der Waals surface area contributed by atoms with E-state index in [0.717, 1.165) is 24.1 Å². The fraction of sp³-hybridized carbons (Fsp3) is 0.294. The molecule has 0 bridgehead atoms. The van der Waals surface area contributed by atoms with Gasteiger partial charge in [-0.05, 0) is 12.8 Å². The molecule has 1 aliphatic carbocycles. The highest BCUT2D eigenvalue weighted by atomic mass is 16.1. The molecule has 1 heterocycles. The molecule has 5 nitrogen and oxygen atoms in total. The summed E-state index contributed by atoms with van der Waals surface area (Å²) in [5, 5.41) is 2.75. The van der Waals surface area contributed by atoms with Crippen LogP contribution in [0.1, 0.15) is 42.2 Å². The summed E-state index contributed by atoms with van der Waals surface area (Å²) in [5.74, 6) is 0.742. The van der Waals surface area contributed by atoms with Crippen LogP contribution in [0.25, 0.3) is 11.4 Å². The van der Waals surface area contributed by atoms with E-state index in [4.69, 9.17) is 0 Å². The topological polar surface area (TPSA) is 72.0 Å². The molecule has 1 aromatic heterocycles. The normalized spacial score (nSPS) is 13.6. The van der Waals surface area contributed by atoms with Crippen molar-refractivity contribution in [3.05, 3.63) is 41.6 Å². The Morgan fingerprint density at radius 2 is 1.95 bits per heavy atom. The van der Waals surface area contributed by atoms with Gasteiger partial charge in [0, 0.05) is 18.4 Å². The zero-order valence-electron chi connectivity index (χ0n) is 12.4. The summed E-state index contributed by atoms with van der Waals surface area (Å²) >= 11 is 0. The Morgan fingerprint density at radius 3 is 2.68 bits per heavy atom. The van der Waals surface area contributed by atoms with Crippen LogP contribution in [0.4, 0.5) is 5.82 Å². The third-order valence-electron chi connectivity index (χ3n) is 3.69. The van der Waals surface area contributed by atoms with Crippen molar-refractivity contribution >= 4 is 17.5 Å². The number of amides is 1. The van der Waals surface area contributed by atoms with Crippen molar-refractivity contribution in [2.75, 3.05) is 5.32 Å². The van der Waals surface area contributed by atoms with Crippen molar-refractivity contribution in [1.82, 2.24) is 9.97 Å². The molecular weight excluding hydrogens is 278 g/mol. The summed E-state index contributed by atoms with van der Waals surface area (Å²) < 4.78 is 0. The molecule has 1 aromatic carbocycles. The van der Waals surface area contributed by atoms with E-state index in [1.54, 1.807) is 6.92 Å². The van der Waals surface area contributed by atoms with Crippen molar-refractivity contribution in [2.24, 2.45) is 0 Å². The lowest BCUT2D eigenvalue weighted by Crippen LogP contribution is -2.21. The molecule has 3 rings (SSSR count). The van der Waals surface area contributed by atoms with Crippen LogP contribution in [0.5, 0.6) is 0 Å². The molecule has 5 heteroatoms. The summed E-state index contributed by atoms with van der Waals surface area (Å²) in [6.07, 6.45) is 2.35. The standard InChI is InChI=1S/C17H17N3O2/c1-2-14(22)19-17-15-12(9-6-10-13(15)21)18-16(20-17)11-7-4-3-5-8-11/h3-5,7-8H,2,6,9-10H2,1H3,(H,18,19,20,22). The van der Waals surface area contributed by atoms with Gasteiger partial charge < -0.3 is 5.32 Å². The number of carbonyl (C=O) groups is 2. The number of aryl methyl sites for hydroxylation is 1. The first-order valence-electron chi connectivity index (χ1n) is 7.48. The molecule has 0 unspecified atom stereocenters. The summed E-state index contributed by atoms with van der Waals surface area (Å²) in [7, 11) is 0. The molecule has 0 atom stereocenters. The number of benzene rings is 1. The van der Waals surface area contributed by atoms with E-state index in [9.17, 15) is 9.59 Å². The van der Waals surface area contributed by atoms with Gasteiger partial charge in [0.2, 0.25) is 5.91 Å². The summed E-state index contributed by atoms with van der Waals surface area (Å²) in [6, 6.07) is 9.57. The second kappa shape index (κ2) is 6.05. The Labute approximate surface area is 128 Å². The van der Waals surface area contributed by atoms with Gasteiger partial charge in [-0.3, -0.25) is 9.59 Å². The van der Waals surface area contributed by atoms with Gasteiger partial charge in [0.25, 0.3) is 0 Å². The van der Waals surface area contributed by atoms with E-state index in [-0.39, 0.29) is 11.7 Å². The number of hydrogen-bond acceptors (Lipinski definition) is 4. The summed E-state index contributed by atoms with van der Waals surface area (Å²) in [6.45, 7) is 1.77. The predicted molar refractivity (Wildman–Crippen MR) is 83.7 cm³/mol. The molecule has 0 aliphatic heterocycles. The van der Waals surface area contributed by atoms with Gasteiger partial charge in [0.1, 0.15) is 5.82 Å². The molecule has 0 saturated heterocycles. The van der Waals surface area contributed by atoms with Gasteiger partial charge in [0.05, 0.1) is 11.3 Å². The number of nitrogens with zero attached hydrogens (tertiary/aromatic N) is 2. The maximum Gasteiger partial charge on any atom is 0.225 e. The molecule has 22 heavy (non-hydrogen) atoms. The zero-order valence-corrected chi connectivity index (χ0v) is 12.4. The third-order valence-corrected chi connectivity index (χ3v) is 3.69. The van der Waals surface area contributed by atoms with E-state index in [1.165, 1.54) is 0 Å². The first-order valence-corrected chi connectivity index (χ1v) is 7.48. The van der Waals surface area contributed by atoms with E-state index in [2.05, 4.69) is 15.3 Å². The molecule has 0 radical (unpaired) electrons. The maximum atomic E-state index is 12.2. The highest BCUT2D eigenvalue weighted by Crippen LogP contribution is 2.28. The Morgan fingerprint density at radius 1 is 1.18 bits per heavy atom. The lowest BCUT2D eigenvalue weighted by molar-refractivity contribution is -0.115. The lowest BCUT2D eigenvalue weighted by Gasteiger charge is -2.18. The van der Waals surface area contributed by atoms with Crippen LogP contribution in [0.3, 0.4) is 0 Å². The lowest BCUT2D eigenvalue weighted by atomic mass is 9.94. The van der Waals surface area contributed by atoms with E-state index >= 15 is 0 Å². The number of Topliss-reactive ketones (excluding diaryl/α,β-unsaturated/α-hetero) is 1. The Bertz CT molecular complexity index is 726. The SMILES string of the molecule is CCC(=O)Nc1nc(-c2ccccc2)nc2c1C(=O)CCC2. The van der Waals surface area contributed by atoms with Gasteiger partial charge in [-0.2, -0.15) is 0 Å². The largest absolute Gasteiger partial charge is 0.310 e.